The molecule has 2 heterocycles. The molecule has 0 saturated carbocycles. The molecule has 1 N–H and O–H groups in total. The fourth-order valence-electron chi connectivity index (χ4n) is 2.37. The van der Waals surface area contributed by atoms with E-state index in [-0.39, 0.29) is 5.91 Å². The molecule has 3 rings (SSSR count). The molecule has 1 aromatic carbocycles. The number of benzene rings is 1. The molecule has 0 unspecified atom stereocenters. The van der Waals surface area contributed by atoms with Crippen molar-refractivity contribution in [1.82, 2.24) is 10.1 Å². The Kier molecular flexibility index (Phi) is 5.87. The van der Waals surface area contributed by atoms with E-state index >= 15 is 0 Å². The number of methoxy groups -OCH3 is 1. The van der Waals surface area contributed by atoms with Crippen LogP contribution in [0.25, 0.3) is 6.08 Å². The largest absolute Gasteiger partial charge is 0.493 e. The van der Waals surface area contributed by atoms with Gasteiger partial charge in [0, 0.05) is 17.7 Å². The average molecular weight is 385 g/mol. The number of aryl methyl sites for hydroxylation is 2. The molecule has 0 spiro atoms. The molecule has 7 nitrogen and oxygen atoms in total. The normalized spacial score (nSPS) is 10.9. The molecule has 3 aromatic rings. The van der Waals surface area contributed by atoms with Crippen LogP contribution in [-0.4, -0.2) is 23.2 Å². The fourth-order valence-corrected chi connectivity index (χ4v) is 2.90. The smallest absolute Gasteiger partial charge is 0.250 e. The lowest BCUT2D eigenvalue weighted by atomic mass is 10.2. The fraction of sp³-hybridized carbons (Fsp3) is 0.211. The summed E-state index contributed by atoms with van der Waals surface area (Å²) in [5.74, 6) is 1.66. The van der Waals surface area contributed by atoms with Crippen molar-refractivity contribution >= 4 is 28.5 Å². The monoisotopic (exact) mass is 385 g/mol. The quantitative estimate of drug-likeness (QED) is 0.619. The van der Waals surface area contributed by atoms with Crippen LogP contribution >= 0.6 is 11.3 Å². The maximum absolute atomic E-state index is 11.9. The number of ether oxygens (including phenoxy) is 2. The van der Waals surface area contributed by atoms with E-state index in [0.29, 0.717) is 23.2 Å². The number of anilines is 1. The number of carbonyl (C=O) groups excluding carboxylic acids is 1. The Balaban J connectivity index is 1.66. The van der Waals surface area contributed by atoms with E-state index in [1.54, 1.807) is 36.9 Å². The van der Waals surface area contributed by atoms with Gasteiger partial charge in [0.2, 0.25) is 5.91 Å². The lowest BCUT2D eigenvalue weighted by Crippen LogP contribution is -2.07. The molecule has 0 saturated heterocycles. The first-order valence-corrected chi connectivity index (χ1v) is 9.06. The number of amides is 1. The maximum atomic E-state index is 11.9. The Labute approximate surface area is 160 Å². The number of rotatable bonds is 7. The first-order valence-electron chi connectivity index (χ1n) is 8.18. The minimum Gasteiger partial charge on any atom is -0.493 e. The van der Waals surface area contributed by atoms with Crippen LogP contribution < -0.4 is 14.8 Å². The number of thiazole rings is 1. The van der Waals surface area contributed by atoms with Gasteiger partial charge in [0.05, 0.1) is 18.4 Å². The number of carbonyl (C=O) groups is 1. The van der Waals surface area contributed by atoms with Gasteiger partial charge in [-0.1, -0.05) is 11.2 Å². The van der Waals surface area contributed by atoms with E-state index in [0.717, 1.165) is 22.6 Å². The van der Waals surface area contributed by atoms with Crippen molar-refractivity contribution < 1.29 is 18.8 Å². The minimum atomic E-state index is -0.248. The van der Waals surface area contributed by atoms with Crippen LogP contribution in [0, 0.1) is 13.8 Å². The van der Waals surface area contributed by atoms with Crippen LogP contribution in [0.5, 0.6) is 11.5 Å². The first-order chi connectivity index (χ1) is 13.1. The number of aromatic nitrogens is 2. The van der Waals surface area contributed by atoms with Gasteiger partial charge in [0.1, 0.15) is 12.4 Å². The highest BCUT2D eigenvalue weighted by molar-refractivity contribution is 7.13. The van der Waals surface area contributed by atoms with E-state index in [2.05, 4.69) is 15.5 Å². The molecule has 27 heavy (non-hydrogen) atoms. The summed E-state index contributed by atoms with van der Waals surface area (Å²) in [4.78, 5) is 15.9. The van der Waals surface area contributed by atoms with Crippen molar-refractivity contribution in [2.24, 2.45) is 0 Å². The molecule has 0 radical (unpaired) electrons. The van der Waals surface area contributed by atoms with Gasteiger partial charge in [-0.15, -0.1) is 11.3 Å². The Morgan fingerprint density at radius 3 is 2.85 bits per heavy atom. The second-order valence-electron chi connectivity index (χ2n) is 5.66. The van der Waals surface area contributed by atoms with E-state index in [9.17, 15) is 4.79 Å². The van der Waals surface area contributed by atoms with Crippen LogP contribution in [0.2, 0.25) is 0 Å². The van der Waals surface area contributed by atoms with Crippen LogP contribution in [0.3, 0.4) is 0 Å². The lowest BCUT2D eigenvalue weighted by molar-refractivity contribution is -0.111. The predicted molar refractivity (Wildman–Crippen MR) is 103 cm³/mol. The van der Waals surface area contributed by atoms with Gasteiger partial charge in [0.25, 0.3) is 0 Å². The lowest BCUT2D eigenvalue weighted by Gasteiger charge is -2.11. The SMILES string of the molecule is COc1cc(C=CC(=O)Nc2nccs2)ccc1OCc1c(C)noc1C. The molecule has 140 valence electrons. The third kappa shape index (κ3) is 4.73. The first kappa shape index (κ1) is 18.7. The van der Waals surface area contributed by atoms with E-state index in [1.807, 2.05) is 19.9 Å². The van der Waals surface area contributed by atoms with Crippen LogP contribution in [0.1, 0.15) is 22.6 Å². The third-order valence-corrected chi connectivity index (χ3v) is 4.52. The Hall–Kier alpha value is -3.13. The topological polar surface area (TPSA) is 86.5 Å². The number of nitrogens with one attached hydrogen (secondary N) is 1. The zero-order valence-electron chi connectivity index (χ0n) is 15.2. The molecule has 0 fully saturated rings. The summed E-state index contributed by atoms with van der Waals surface area (Å²) >= 11 is 1.36. The predicted octanol–water partition coefficient (Wildman–Crippen LogP) is 3.99. The highest BCUT2D eigenvalue weighted by atomic mass is 32.1. The van der Waals surface area contributed by atoms with Gasteiger partial charge in [-0.25, -0.2) is 4.98 Å². The Morgan fingerprint density at radius 1 is 1.33 bits per heavy atom. The van der Waals surface area contributed by atoms with E-state index < -0.39 is 0 Å². The van der Waals surface area contributed by atoms with Gasteiger partial charge in [-0.2, -0.15) is 0 Å². The summed E-state index contributed by atoms with van der Waals surface area (Å²) < 4.78 is 16.4. The van der Waals surface area contributed by atoms with E-state index in [1.165, 1.54) is 17.4 Å². The van der Waals surface area contributed by atoms with Gasteiger partial charge in [0.15, 0.2) is 16.6 Å². The molecule has 0 aliphatic carbocycles. The van der Waals surface area contributed by atoms with Gasteiger partial charge in [-0.3, -0.25) is 10.1 Å². The molecule has 0 aliphatic rings. The van der Waals surface area contributed by atoms with Gasteiger partial charge >= 0.3 is 0 Å². The van der Waals surface area contributed by atoms with Crippen molar-refractivity contribution in [1.29, 1.82) is 0 Å². The Bertz CT molecular complexity index is 929. The summed E-state index contributed by atoms with van der Waals surface area (Å²) in [5, 5.41) is 8.96. The van der Waals surface area contributed by atoms with E-state index in [4.69, 9.17) is 14.0 Å². The third-order valence-electron chi connectivity index (χ3n) is 3.83. The van der Waals surface area contributed by atoms with Gasteiger partial charge in [-0.05, 0) is 37.6 Å². The molecule has 1 amide bonds. The van der Waals surface area contributed by atoms with Crippen molar-refractivity contribution in [2.75, 3.05) is 12.4 Å². The summed E-state index contributed by atoms with van der Waals surface area (Å²) in [5.41, 5.74) is 2.53. The number of hydrogen-bond donors (Lipinski definition) is 1. The molecule has 2 aromatic heterocycles. The van der Waals surface area contributed by atoms with Crippen molar-refractivity contribution in [2.45, 2.75) is 20.5 Å². The molecule has 0 atom stereocenters. The molecule has 8 heteroatoms. The van der Waals surface area contributed by atoms with Crippen LogP contribution in [0.4, 0.5) is 5.13 Å². The van der Waals surface area contributed by atoms with Crippen molar-refractivity contribution in [3.8, 4) is 11.5 Å². The highest BCUT2D eigenvalue weighted by Gasteiger charge is 2.12. The number of nitrogens with zero attached hydrogens (tertiary/aromatic N) is 2. The highest BCUT2D eigenvalue weighted by Crippen LogP contribution is 2.30. The minimum absolute atomic E-state index is 0.248. The summed E-state index contributed by atoms with van der Waals surface area (Å²) in [7, 11) is 1.57. The van der Waals surface area contributed by atoms with Crippen LogP contribution in [-0.2, 0) is 11.4 Å². The number of hydrogen-bond acceptors (Lipinski definition) is 7. The summed E-state index contributed by atoms with van der Waals surface area (Å²) in [6.45, 7) is 4.06. The Morgan fingerprint density at radius 2 is 2.19 bits per heavy atom. The summed E-state index contributed by atoms with van der Waals surface area (Å²) in [6, 6.07) is 5.45. The maximum Gasteiger partial charge on any atom is 0.250 e. The zero-order chi connectivity index (χ0) is 19.2. The molecule has 0 bridgehead atoms. The molecular weight excluding hydrogens is 366 g/mol. The molecular formula is C19H19N3O4S. The summed E-state index contributed by atoms with van der Waals surface area (Å²) in [6.07, 6.45) is 4.78. The zero-order valence-corrected chi connectivity index (χ0v) is 16.0. The average Bonchev–Trinajstić information content (AvgIpc) is 3.28. The standard InChI is InChI=1S/C19H19N3O4S/c1-12-15(13(2)26-22-12)11-25-16-6-4-14(10-17(16)24-3)5-7-18(23)21-19-20-8-9-27-19/h4-10H,11H2,1-3H3,(H,20,21,23). The van der Waals surface area contributed by atoms with Crippen molar-refractivity contribution in [3.05, 3.63) is 58.4 Å². The van der Waals surface area contributed by atoms with Crippen LogP contribution in [0.15, 0.2) is 40.4 Å². The van der Waals surface area contributed by atoms with Gasteiger partial charge < -0.3 is 14.0 Å². The van der Waals surface area contributed by atoms with Crippen molar-refractivity contribution in [3.63, 3.8) is 0 Å². The molecule has 0 aliphatic heterocycles. The second-order valence-corrected chi connectivity index (χ2v) is 6.56. The second kappa shape index (κ2) is 8.50.